The highest BCUT2D eigenvalue weighted by Crippen LogP contribution is 2.38. The van der Waals surface area contributed by atoms with E-state index in [4.69, 9.17) is 4.74 Å². The minimum atomic E-state index is -0.517. The molecule has 0 aromatic heterocycles. The first-order chi connectivity index (χ1) is 9.93. The number of ether oxygens (including phenoxy) is 1. The van der Waals surface area contributed by atoms with E-state index in [0.29, 0.717) is 21.3 Å². The van der Waals surface area contributed by atoms with Crippen LogP contribution in [0, 0.1) is 20.2 Å². The second-order valence-electron chi connectivity index (χ2n) is 4.06. The van der Waals surface area contributed by atoms with Crippen molar-refractivity contribution in [3.8, 4) is 16.9 Å². The van der Waals surface area contributed by atoms with Crippen molar-refractivity contribution in [2.24, 2.45) is 0 Å². The van der Waals surface area contributed by atoms with Crippen molar-refractivity contribution in [2.75, 3.05) is 7.11 Å². The summed E-state index contributed by atoms with van der Waals surface area (Å²) in [6.07, 6.45) is 0. The number of hydrogen-bond acceptors (Lipinski definition) is 5. The fourth-order valence-electron chi connectivity index (χ4n) is 1.85. The molecule has 0 saturated carbocycles. The van der Waals surface area contributed by atoms with E-state index in [1.54, 1.807) is 12.1 Å². The van der Waals surface area contributed by atoms with Gasteiger partial charge in [0.2, 0.25) is 0 Å². The molecule has 0 bridgehead atoms. The Bertz CT molecular complexity index is 732. The lowest BCUT2D eigenvalue weighted by molar-refractivity contribution is -0.385. The maximum absolute atomic E-state index is 10.8. The fourth-order valence-corrected chi connectivity index (χ4v) is 2.43. The van der Waals surface area contributed by atoms with Gasteiger partial charge in [0.25, 0.3) is 11.4 Å². The van der Waals surface area contributed by atoms with Gasteiger partial charge in [0.05, 0.1) is 23.0 Å². The molecule has 0 heterocycles. The van der Waals surface area contributed by atoms with Crippen LogP contribution in [0.3, 0.4) is 0 Å². The lowest BCUT2D eigenvalue weighted by Crippen LogP contribution is -1.94. The Kier molecular flexibility index (Phi) is 4.18. The topological polar surface area (TPSA) is 95.5 Å². The Labute approximate surface area is 127 Å². The summed E-state index contributed by atoms with van der Waals surface area (Å²) >= 11 is 3.27. The number of halogens is 1. The first-order valence-corrected chi connectivity index (χ1v) is 6.50. The molecule has 0 fully saturated rings. The minimum absolute atomic E-state index is 0.0495. The zero-order valence-corrected chi connectivity index (χ0v) is 12.4. The Balaban J connectivity index is 2.56. The molecule has 0 radical (unpaired) electrons. The van der Waals surface area contributed by atoms with Crippen molar-refractivity contribution in [1.29, 1.82) is 0 Å². The quantitative estimate of drug-likeness (QED) is 0.613. The van der Waals surface area contributed by atoms with Gasteiger partial charge < -0.3 is 4.74 Å². The summed E-state index contributed by atoms with van der Waals surface area (Å²) in [7, 11) is 1.40. The average Bonchev–Trinajstić information content (AvgIpc) is 2.46. The van der Waals surface area contributed by atoms with Gasteiger partial charge in [0.1, 0.15) is 5.75 Å². The van der Waals surface area contributed by atoms with E-state index in [2.05, 4.69) is 15.9 Å². The SMILES string of the molecule is COc1cc([N+](=O)[O-])ccc1-c1ccc([N+](=O)[O-])cc1Br. The van der Waals surface area contributed by atoms with E-state index in [-0.39, 0.29) is 11.4 Å². The Morgan fingerprint density at radius 3 is 1.95 bits per heavy atom. The highest BCUT2D eigenvalue weighted by molar-refractivity contribution is 9.10. The van der Waals surface area contributed by atoms with Crippen molar-refractivity contribution in [2.45, 2.75) is 0 Å². The van der Waals surface area contributed by atoms with Gasteiger partial charge in [-0.15, -0.1) is 0 Å². The van der Waals surface area contributed by atoms with Gasteiger partial charge in [-0.1, -0.05) is 0 Å². The van der Waals surface area contributed by atoms with Crippen LogP contribution >= 0.6 is 15.9 Å². The van der Waals surface area contributed by atoms with Gasteiger partial charge in [-0.05, 0) is 28.1 Å². The van der Waals surface area contributed by atoms with Gasteiger partial charge in [-0.25, -0.2) is 0 Å². The van der Waals surface area contributed by atoms with Gasteiger partial charge in [-0.2, -0.15) is 0 Å². The van der Waals surface area contributed by atoms with Crippen molar-refractivity contribution in [3.05, 3.63) is 61.1 Å². The maximum atomic E-state index is 10.8. The summed E-state index contributed by atoms with van der Waals surface area (Å²) in [4.78, 5) is 20.5. The number of methoxy groups -OCH3 is 1. The van der Waals surface area contributed by atoms with E-state index in [0.717, 1.165) is 0 Å². The third kappa shape index (κ3) is 3.00. The number of benzene rings is 2. The van der Waals surface area contributed by atoms with Crippen LogP contribution < -0.4 is 4.74 Å². The van der Waals surface area contributed by atoms with E-state index >= 15 is 0 Å². The number of nitro groups is 2. The maximum Gasteiger partial charge on any atom is 0.273 e. The molecule has 0 amide bonds. The third-order valence-corrected chi connectivity index (χ3v) is 3.51. The van der Waals surface area contributed by atoms with Crippen LogP contribution in [0.25, 0.3) is 11.1 Å². The number of non-ortho nitro benzene ring substituents is 2. The molecule has 0 atom stereocenters. The summed E-state index contributed by atoms with van der Waals surface area (Å²) in [5.41, 5.74) is 1.11. The summed E-state index contributed by atoms with van der Waals surface area (Å²) in [6, 6.07) is 8.50. The first kappa shape index (κ1) is 14.9. The van der Waals surface area contributed by atoms with Crippen LogP contribution in [-0.2, 0) is 0 Å². The highest BCUT2D eigenvalue weighted by atomic mass is 79.9. The number of hydrogen-bond donors (Lipinski definition) is 0. The van der Waals surface area contributed by atoms with Gasteiger partial charge in [0, 0.05) is 33.8 Å². The molecule has 0 saturated heterocycles. The normalized spacial score (nSPS) is 10.2. The molecule has 2 aromatic rings. The second-order valence-corrected chi connectivity index (χ2v) is 4.92. The van der Waals surface area contributed by atoms with Crippen LogP contribution in [0.2, 0.25) is 0 Å². The number of nitro benzene ring substituents is 2. The summed E-state index contributed by atoms with van der Waals surface area (Å²) in [6.45, 7) is 0. The van der Waals surface area contributed by atoms with Crippen LogP contribution in [0.1, 0.15) is 0 Å². The second kappa shape index (κ2) is 5.88. The molecule has 0 spiro atoms. The van der Waals surface area contributed by atoms with Crippen molar-refractivity contribution < 1.29 is 14.6 Å². The van der Waals surface area contributed by atoms with Gasteiger partial charge >= 0.3 is 0 Å². The highest BCUT2D eigenvalue weighted by Gasteiger charge is 2.16. The summed E-state index contributed by atoms with van der Waals surface area (Å²) in [5.74, 6) is 0.318. The number of rotatable bonds is 4. The van der Waals surface area contributed by atoms with Crippen LogP contribution in [0.5, 0.6) is 5.75 Å². The molecule has 108 valence electrons. The van der Waals surface area contributed by atoms with Crippen molar-refractivity contribution in [1.82, 2.24) is 0 Å². The average molecular weight is 353 g/mol. The molecule has 0 N–H and O–H groups in total. The van der Waals surface area contributed by atoms with Crippen LogP contribution in [-0.4, -0.2) is 17.0 Å². The Hall–Kier alpha value is -2.48. The summed E-state index contributed by atoms with van der Waals surface area (Å²) < 4.78 is 5.67. The molecule has 8 heteroatoms. The first-order valence-electron chi connectivity index (χ1n) is 5.70. The van der Waals surface area contributed by atoms with E-state index < -0.39 is 9.85 Å². The standard InChI is InChI=1S/C13H9BrN2O5/c1-21-13-7-9(16(19)20)3-5-11(13)10-4-2-8(15(17)18)6-12(10)14/h2-7H,1H3. The molecule has 2 rings (SSSR count). The van der Waals surface area contributed by atoms with Crippen LogP contribution in [0.4, 0.5) is 11.4 Å². The molecule has 0 unspecified atom stereocenters. The van der Waals surface area contributed by atoms with Gasteiger partial charge in [0.15, 0.2) is 0 Å². The third-order valence-electron chi connectivity index (χ3n) is 2.85. The van der Waals surface area contributed by atoms with Crippen molar-refractivity contribution >= 4 is 27.3 Å². The Morgan fingerprint density at radius 2 is 1.48 bits per heavy atom. The van der Waals surface area contributed by atoms with Gasteiger partial charge in [-0.3, -0.25) is 20.2 Å². The minimum Gasteiger partial charge on any atom is -0.496 e. The molecule has 2 aromatic carbocycles. The molecule has 0 aliphatic heterocycles. The van der Waals surface area contributed by atoms with E-state index in [1.807, 2.05) is 0 Å². The molecular weight excluding hydrogens is 344 g/mol. The molecule has 21 heavy (non-hydrogen) atoms. The summed E-state index contributed by atoms with van der Waals surface area (Å²) in [5, 5.41) is 21.5. The monoisotopic (exact) mass is 352 g/mol. The smallest absolute Gasteiger partial charge is 0.273 e. The number of nitrogens with zero attached hydrogens (tertiary/aromatic N) is 2. The van der Waals surface area contributed by atoms with E-state index in [1.165, 1.54) is 31.4 Å². The zero-order chi connectivity index (χ0) is 15.6. The molecular formula is C13H9BrN2O5. The molecule has 7 nitrogen and oxygen atoms in total. The lowest BCUT2D eigenvalue weighted by atomic mass is 10.0. The Morgan fingerprint density at radius 1 is 0.952 bits per heavy atom. The fraction of sp³-hybridized carbons (Fsp3) is 0.0769. The molecule has 0 aliphatic carbocycles. The van der Waals surface area contributed by atoms with Crippen molar-refractivity contribution in [3.63, 3.8) is 0 Å². The van der Waals surface area contributed by atoms with E-state index in [9.17, 15) is 20.2 Å². The predicted octanol–water partition coefficient (Wildman–Crippen LogP) is 3.94. The van der Waals surface area contributed by atoms with Crippen LogP contribution in [0.15, 0.2) is 40.9 Å². The zero-order valence-electron chi connectivity index (χ0n) is 10.8. The molecule has 0 aliphatic rings. The predicted molar refractivity (Wildman–Crippen MR) is 79.4 cm³/mol. The lowest BCUT2D eigenvalue weighted by Gasteiger charge is -2.10. The largest absolute Gasteiger partial charge is 0.496 e.